The molecule has 1 aromatic heterocycles. The lowest BCUT2D eigenvalue weighted by Gasteiger charge is -2.06. The molecule has 7 nitrogen and oxygen atoms in total. The molecule has 0 atom stereocenters. The van der Waals surface area contributed by atoms with Crippen LogP contribution >= 0.6 is 0 Å². The second-order valence-corrected chi connectivity index (χ2v) is 5.28. The van der Waals surface area contributed by atoms with Gasteiger partial charge in [0.1, 0.15) is 11.5 Å². The van der Waals surface area contributed by atoms with Gasteiger partial charge in [0.2, 0.25) is 11.8 Å². The predicted molar refractivity (Wildman–Crippen MR) is 90.1 cm³/mol. The Labute approximate surface area is 145 Å². The van der Waals surface area contributed by atoms with E-state index in [9.17, 15) is 14.4 Å². The minimum atomic E-state index is -0.352. The SMILES string of the molecule is COc1ccc(C(=O)CNC(=O)CCC(=O)NCc2ccco2)cc1. The lowest BCUT2D eigenvalue weighted by molar-refractivity contribution is -0.126. The van der Waals surface area contributed by atoms with E-state index < -0.39 is 0 Å². The number of ether oxygens (including phenoxy) is 1. The molecule has 7 heteroatoms. The van der Waals surface area contributed by atoms with Crippen LogP contribution in [0.4, 0.5) is 0 Å². The first kappa shape index (κ1) is 18.3. The van der Waals surface area contributed by atoms with E-state index in [-0.39, 0.29) is 43.5 Å². The normalized spacial score (nSPS) is 10.1. The molecule has 0 bridgehead atoms. The van der Waals surface area contributed by atoms with Gasteiger partial charge in [0.15, 0.2) is 5.78 Å². The van der Waals surface area contributed by atoms with Crippen LogP contribution < -0.4 is 15.4 Å². The summed E-state index contributed by atoms with van der Waals surface area (Å²) in [5.41, 5.74) is 0.484. The smallest absolute Gasteiger partial charge is 0.220 e. The third-order valence-electron chi connectivity index (χ3n) is 3.48. The van der Waals surface area contributed by atoms with E-state index in [4.69, 9.17) is 9.15 Å². The Balaban J connectivity index is 1.65. The van der Waals surface area contributed by atoms with Crippen LogP contribution in [0.25, 0.3) is 0 Å². The van der Waals surface area contributed by atoms with Gasteiger partial charge in [-0.15, -0.1) is 0 Å². The van der Waals surface area contributed by atoms with Crippen LogP contribution in [0, 0.1) is 0 Å². The first-order valence-corrected chi connectivity index (χ1v) is 7.81. The molecule has 0 unspecified atom stereocenters. The average Bonchev–Trinajstić information content (AvgIpc) is 3.16. The molecule has 0 spiro atoms. The number of Topliss-reactive ketones (excluding diaryl/α,β-unsaturated/α-hetero) is 1. The zero-order valence-corrected chi connectivity index (χ0v) is 13.9. The second-order valence-electron chi connectivity index (χ2n) is 5.28. The van der Waals surface area contributed by atoms with Crippen molar-refractivity contribution in [3.63, 3.8) is 0 Å². The van der Waals surface area contributed by atoms with Crippen LogP contribution in [0.15, 0.2) is 47.1 Å². The fourth-order valence-corrected chi connectivity index (χ4v) is 2.06. The topological polar surface area (TPSA) is 97.6 Å². The van der Waals surface area contributed by atoms with Crippen molar-refractivity contribution in [3.8, 4) is 5.75 Å². The van der Waals surface area contributed by atoms with Crippen LogP contribution in [0.3, 0.4) is 0 Å². The Morgan fingerprint density at radius 1 is 1.00 bits per heavy atom. The van der Waals surface area contributed by atoms with Crippen LogP contribution in [0.5, 0.6) is 5.75 Å². The summed E-state index contributed by atoms with van der Waals surface area (Å²) in [5.74, 6) is 0.477. The second kappa shape index (κ2) is 9.27. The standard InChI is InChI=1S/C18H20N2O5/c1-24-14-6-4-13(5-7-14)16(21)12-20-18(23)9-8-17(22)19-11-15-3-2-10-25-15/h2-7,10H,8-9,11-12H2,1H3,(H,19,22)(H,20,23). The maximum Gasteiger partial charge on any atom is 0.220 e. The Kier molecular flexibility index (Phi) is 6.76. The van der Waals surface area contributed by atoms with Crippen molar-refractivity contribution in [2.45, 2.75) is 19.4 Å². The molecule has 0 radical (unpaired) electrons. The van der Waals surface area contributed by atoms with Crippen molar-refractivity contribution >= 4 is 17.6 Å². The van der Waals surface area contributed by atoms with Gasteiger partial charge < -0.3 is 19.8 Å². The fourth-order valence-electron chi connectivity index (χ4n) is 2.06. The third kappa shape index (κ3) is 6.14. The largest absolute Gasteiger partial charge is 0.497 e. The van der Waals surface area contributed by atoms with Gasteiger partial charge in [0, 0.05) is 18.4 Å². The van der Waals surface area contributed by atoms with Gasteiger partial charge in [-0.25, -0.2) is 0 Å². The lowest BCUT2D eigenvalue weighted by atomic mass is 10.1. The Hall–Kier alpha value is -3.09. The summed E-state index contributed by atoms with van der Waals surface area (Å²) in [7, 11) is 1.54. The quantitative estimate of drug-likeness (QED) is 0.675. The molecule has 0 saturated carbocycles. The van der Waals surface area contributed by atoms with Gasteiger partial charge in [-0.1, -0.05) is 0 Å². The zero-order valence-electron chi connectivity index (χ0n) is 13.9. The number of ketones is 1. The first-order valence-electron chi connectivity index (χ1n) is 7.81. The van der Waals surface area contributed by atoms with Crippen molar-refractivity contribution < 1.29 is 23.5 Å². The highest BCUT2D eigenvalue weighted by atomic mass is 16.5. The molecule has 0 saturated heterocycles. The summed E-state index contributed by atoms with van der Waals surface area (Å²) >= 11 is 0. The average molecular weight is 344 g/mol. The number of hydrogen-bond acceptors (Lipinski definition) is 5. The van der Waals surface area contributed by atoms with E-state index in [1.165, 1.54) is 6.26 Å². The van der Waals surface area contributed by atoms with Crippen molar-refractivity contribution in [1.29, 1.82) is 0 Å². The molecule has 2 amide bonds. The Morgan fingerprint density at radius 3 is 2.28 bits per heavy atom. The molecule has 1 heterocycles. The van der Waals surface area contributed by atoms with Crippen LogP contribution in [0.1, 0.15) is 29.0 Å². The molecule has 0 fully saturated rings. The Morgan fingerprint density at radius 2 is 1.68 bits per heavy atom. The third-order valence-corrected chi connectivity index (χ3v) is 3.48. The van der Waals surface area contributed by atoms with E-state index in [0.717, 1.165) is 0 Å². The van der Waals surface area contributed by atoms with Crippen molar-refractivity contribution in [2.24, 2.45) is 0 Å². The summed E-state index contributed by atoms with van der Waals surface area (Å²) in [5, 5.41) is 5.17. The van der Waals surface area contributed by atoms with E-state index in [1.54, 1.807) is 43.5 Å². The molecule has 0 aliphatic heterocycles. The summed E-state index contributed by atoms with van der Waals surface area (Å²) in [4.78, 5) is 35.4. The molecule has 0 aliphatic rings. The highest BCUT2D eigenvalue weighted by Gasteiger charge is 2.10. The molecule has 2 aromatic rings. The highest BCUT2D eigenvalue weighted by molar-refractivity contribution is 5.99. The number of methoxy groups -OCH3 is 1. The van der Waals surface area contributed by atoms with Gasteiger partial charge in [-0.2, -0.15) is 0 Å². The molecule has 2 rings (SSSR count). The maximum absolute atomic E-state index is 12.0. The van der Waals surface area contributed by atoms with Crippen LogP contribution in [-0.2, 0) is 16.1 Å². The highest BCUT2D eigenvalue weighted by Crippen LogP contribution is 2.11. The lowest BCUT2D eigenvalue weighted by Crippen LogP contribution is -2.31. The van der Waals surface area contributed by atoms with E-state index in [1.807, 2.05) is 0 Å². The number of amides is 2. The van der Waals surface area contributed by atoms with E-state index >= 15 is 0 Å². The van der Waals surface area contributed by atoms with Crippen molar-refractivity contribution in [3.05, 3.63) is 54.0 Å². The summed E-state index contributed by atoms with van der Waals surface area (Å²) in [6, 6.07) is 10.1. The number of rotatable bonds is 9. The van der Waals surface area contributed by atoms with Crippen molar-refractivity contribution in [2.75, 3.05) is 13.7 Å². The molecule has 132 valence electrons. The molecular weight excluding hydrogens is 324 g/mol. The van der Waals surface area contributed by atoms with Crippen molar-refractivity contribution in [1.82, 2.24) is 10.6 Å². The number of furan rings is 1. The molecule has 1 aromatic carbocycles. The maximum atomic E-state index is 12.0. The monoisotopic (exact) mass is 344 g/mol. The molecule has 2 N–H and O–H groups in total. The number of hydrogen-bond donors (Lipinski definition) is 2. The van der Waals surface area contributed by atoms with E-state index in [2.05, 4.69) is 10.6 Å². The van der Waals surface area contributed by atoms with Gasteiger partial charge in [0.05, 0.1) is 26.5 Å². The molecule has 0 aliphatic carbocycles. The predicted octanol–water partition coefficient (Wildman–Crippen LogP) is 1.68. The number of carbonyl (C=O) groups excluding carboxylic acids is 3. The Bertz CT molecular complexity index is 708. The van der Waals surface area contributed by atoms with Crippen LogP contribution in [-0.4, -0.2) is 31.3 Å². The summed E-state index contributed by atoms with van der Waals surface area (Å²) in [6.45, 7) is 0.169. The van der Waals surface area contributed by atoms with Gasteiger partial charge in [-0.05, 0) is 36.4 Å². The zero-order chi connectivity index (χ0) is 18.1. The number of benzene rings is 1. The fraction of sp³-hybridized carbons (Fsp3) is 0.278. The van der Waals surface area contributed by atoms with E-state index in [0.29, 0.717) is 17.1 Å². The van der Waals surface area contributed by atoms with Gasteiger partial charge in [0.25, 0.3) is 0 Å². The summed E-state index contributed by atoms with van der Waals surface area (Å²) < 4.78 is 10.1. The first-order chi connectivity index (χ1) is 12.1. The molecular formula is C18H20N2O5. The number of carbonyl (C=O) groups is 3. The van der Waals surface area contributed by atoms with Gasteiger partial charge >= 0.3 is 0 Å². The minimum absolute atomic E-state index is 0.0138. The van der Waals surface area contributed by atoms with Gasteiger partial charge in [-0.3, -0.25) is 14.4 Å². The number of nitrogens with one attached hydrogen (secondary N) is 2. The van der Waals surface area contributed by atoms with Crippen LogP contribution in [0.2, 0.25) is 0 Å². The molecule has 25 heavy (non-hydrogen) atoms. The summed E-state index contributed by atoms with van der Waals surface area (Å²) in [6.07, 6.45) is 1.58. The minimum Gasteiger partial charge on any atom is -0.497 e.